The maximum atomic E-state index is 13.0. The molecule has 0 aliphatic carbocycles. The van der Waals surface area contributed by atoms with Gasteiger partial charge in [0.2, 0.25) is 65.0 Å². The Labute approximate surface area is 445 Å². The first-order chi connectivity index (χ1) is 34.7. The molecule has 11 amide bonds. The zero-order valence-corrected chi connectivity index (χ0v) is 47.4. The zero-order chi connectivity index (χ0) is 58.0. The standard InChI is InChI=1S/C48H81N11O15S/c1-32(2)47(72)34(5)49-36(61)21-50(6)38(63)23-52(8)40(65)25-54(10)42(67)27-56(12)44(69)29-58(14)46(71)30-59(15)45(70)28-57(13)43(68)26-55(11)41(66)24-53(9)39(64)22-51(7)37(62)18-16-17-35(60)31-75-20-19-74-48(73)33(3)4/h32-34H,16-31H2,1-15H3,(H,49,61)/t34-/m0/s1. The number of likely N-dealkylation sites (N-methyl/N-ethyl adjacent to an activating group) is 10. The molecule has 1 N–H and O–H groups in total. The van der Waals surface area contributed by atoms with Crippen molar-refractivity contribution in [3.05, 3.63) is 0 Å². The van der Waals surface area contributed by atoms with Gasteiger partial charge in [-0.15, -0.1) is 0 Å². The van der Waals surface area contributed by atoms with Crippen molar-refractivity contribution in [2.24, 2.45) is 11.8 Å². The Hall–Kier alpha value is -6.67. The zero-order valence-electron chi connectivity index (χ0n) is 46.5. The Morgan fingerprint density at radius 2 is 0.667 bits per heavy atom. The van der Waals surface area contributed by atoms with Gasteiger partial charge in [-0.3, -0.25) is 67.1 Å². The van der Waals surface area contributed by atoms with Crippen LogP contribution in [-0.2, 0) is 71.9 Å². The number of carbonyl (C=O) groups is 14. The van der Waals surface area contributed by atoms with Crippen molar-refractivity contribution >= 4 is 94.3 Å². The van der Waals surface area contributed by atoms with E-state index in [2.05, 4.69) is 5.32 Å². The van der Waals surface area contributed by atoms with E-state index < -0.39 is 117 Å². The average Bonchev–Trinajstić information content (AvgIpc) is 3.32. The topological polar surface area (TPSA) is 293 Å². The minimum atomic E-state index is -0.739. The van der Waals surface area contributed by atoms with E-state index >= 15 is 0 Å². The number of amides is 11. The summed E-state index contributed by atoms with van der Waals surface area (Å²) in [6.07, 6.45) is 0.473. The Morgan fingerprint density at radius 1 is 0.387 bits per heavy atom. The molecule has 26 nitrogen and oxygen atoms in total. The third-order valence-electron chi connectivity index (χ3n) is 11.4. The highest BCUT2D eigenvalue weighted by molar-refractivity contribution is 7.99. The summed E-state index contributed by atoms with van der Waals surface area (Å²) >= 11 is 1.33. The maximum absolute atomic E-state index is 13.0. The normalized spacial score (nSPS) is 11.1. The first-order valence-corrected chi connectivity index (χ1v) is 25.3. The van der Waals surface area contributed by atoms with E-state index in [0.717, 1.165) is 44.1 Å². The number of ketones is 2. The highest BCUT2D eigenvalue weighted by Gasteiger charge is 2.27. The van der Waals surface area contributed by atoms with Gasteiger partial charge in [0.05, 0.1) is 83.2 Å². The molecule has 27 heteroatoms. The van der Waals surface area contributed by atoms with Gasteiger partial charge in [-0.1, -0.05) is 27.7 Å². The fourth-order valence-electron chi connectivity index (χ4n) is 6.12. The van der Waals surface area contributed by atoms with Gasteiger partial charge in [-0.2, -0.15) is 11.8 Å². The third kappa shape index (κ3) is 26.9. The summed E-state index contributed by atoms with van der Waals surface area (Å²) in [5.41, 5.74) is 0. The van der Waals surface area contributed by atoms with Crippen LogP contribution in [0.2, 0.25) is 0 Å². The molecule has 1 atom stereocenters. The Balaban J connectivity index is 4.82. The monoisotopic (exact) mass is 1080 g/mol. The first kappa shape index (κ1) is 68.3. The van der Waals surface area contributed by atoms with E-state index in [0.29, 0.717) is 5.75 Å². The van der Waals surface area contributed by atoms with E-state index in [1.165, 1.54) is 87.1 Å². The van der Waals surface area contributed by atoms with E-state index in [1.807, 2.05) is 0 Å². The number of nitrogens with zero attached hydrogens (tertiary/aromatic N) is 10. The largest absolute Gasteiger partial charge is 0.465 e. The number of thioether (sulfide) groups is 1. The number of esters is 1. The van der Waals surface area contributed by atoms with Crippen molar-refractivity contribution in [3.63, 3.8) is 0 Å². The van der Waals surface area contributed by atoms with Gasteiger partial charge in [0.15, 0.2) is 5.78 Å². The third-order valence-corrected chi connectivity index (χ3v) is 12.4. The number of ether oxygens (including phenoxy) is 1. The lowest BCUT2D eigenvalue weighted by Crippen LogP contribution is -2.49. The molecule has 0 bridgehead atoms. The van der Waals surface area contributed by atoms with E-state index in [1.54, 1.807) is 34.6 Å². The second kappa shape index (κ2) is 34.0. The van der Waals surface area contributed by atoms with Crippen LogP contribution in [0, 0.1) is 11.8 Å². The SMILES string of the molecule is CC(C)C(=O)OCCSCC(=O)CCCC(=O)N(C)CC(=O)N(C)CC(=O)N(C)CC(=O)N(C)CC(=O)N(C)CC(=O)N(C)CC(=O)N(C)CC(=O)N(C)CC(=O)N(C)CC(=O)N(C)CC(=O)N[C@@H](C)C(=O)C(C)C. The van der Waals surface area contributed by atoms with Crippen LogP contribution in [0.1, 0.15) is 53.9 Å². The molecule has 0 aromatic carbocycles. The summed E-state index contributed by atoms with van der Waals surface area (Å²) in [4.78, 5) is 188. The van der Waals surface area contributed by atoms with Crippen molar-refractivity contribution in [1.29, 1.82) is 0 Å². The molecule has 0 aromatic heterocycles. The number of nitrogens with one attached hydrogen (secondary N) is 1. The Morgan fingerprint density at radius 3 is 0.947 bits per heavy atom. The molecule has 0 saturated carbocycles. The number of rotatable bonds is 33. The Kier molecular flexibility index (Phi) is 31.0. The molecule has 75 heavy (non-hydrogen) atoms. The fourth-order valence-corrected chi connectivity index (χ4v) is 6.84. The lowest BCUT2D eigenvalue weighted by molar-refractivity contribution is -0.146. The van der Waals surface area contributed by atoms with Crippen LogP contribution < -0.4 is 5.32 Å². The number of hydrogen-bond donors (Lipinski definition) is 1. The highest BCUT2D eigenvalue weighted by Crippen LogP contribution is 2.08. The molecular formula is C48H81N11O15S. The number of hydrogen-bond acceptors (Lipinski definition) is 16. The summed E-state index contributed by atoms with van der Waals surface area (Å²) in [5.74, 6) is -6.82. The van der Waals surface area contributed by atoms with Crippen LogP contribution in [0.25, 0.3) is 0 Å². The van der Waals surface area contributed by atoms with Crippen LogP contribution >= 0.6 is 11.8 Å². The molecule has 0 aliphatic heterocycles. The predicted octanol–water partition coefficient (Wildman–Crippen LogP) is -3.03. The van der Waals surface area contributed by atoms with Crippen molar-refractivity contribution in [3.8, 4) is 0 Å². The molecule has 0 heterocycles. The van der Waals surface area contributed by atoms with Crippen molar-refractivity contribution in [2.75, 3.05) is 154 Å². The van der Waals surface area contributed by atoms with Crippen LogP contribution in [0.4, 0.5) is 0 Å². The molecule has 0 aliphatic rings. The minimum absolute atomic E-state index is 0.0277. The summed E-state index contributed by atoms with van der Waals surface area (Å²) in [6.45, 7) is 4.31. The second-order valence-corrected chi connectivity index (χ2v) is 20.2. The molecule has 0 spiro atoms. The van der Waals surface area contributed by atoms with Crippen molar-refractivity contribution in [1.82, 2.24) is 54.3 Å². The predicted molar refractivity (Wildman–Crippen MR) is 276 cm³/mol. The van der Waals surface area contributed by atoms with E-state index in [4.69, 9.17) is 4.74 Å². The second-order valence-electron chi connectivity index (χ2n) is 19.1. The van der Waals surface area contributed by atoms with Gasteiger partial charge in [0, 0.05) is 95.0 Å². The summed E-state index contributed by atoms with van der Waals surface area (Å²) in [6, 6.07) is -0.739. The molecule has 424 valence electrons. The number of Topliss-reactive ketones (excluding diaryl/α,β-unsaturated/α-hetero) is 2. The molecule has 0 saturated heterocycles. The molecule has 0 radical (unpaired) electrons. The number of carbonyl (C=O) groups excluding carboxylic acids is 14. The fraction of sp³-hybridized carbons (Fsp3) is 0.708. The molecule has 0 aromatic rings. The van der Waals surface area contributed by atoms with Gasteiger partial charge >= 0.3 is 5.97 Å². The molecule has 0 unspecified atom stereocenters. The maximum Gasteiger partial charge on any atom is 0.308 e. The van der Waals surface area contributed by atoms with Crippen LogP contribution in [0.15, 0.2) is 0 Å². The summed E-state index contributed by atoms with van der Waals surface area (Å²) in [5, 5.41) is 2.54. The lowest BCUT2D eigenvalue weighted by Gasteiger charge is -2.27. The van der Waals surface area contributed by atoms with E-state index in [-0.39, 0.29) is 80.0 Å². The molecule has 0 rings (SSSR count). The van der Waals surface area contributed by atoms with Crippen LogP contribution in [0.5, 0.6) is 0 Å². The lowest BCUT2D eigenvalue weighted by atomic mass is 10.0. The van der Waals surface area contributed by atoms with Crippen molar-refractivity contribution in [2.45, 2.75) is 59.9 Å². The van der Waals surface area contributed by atoms with Gasteiger partial charge in [0.25, 0.3) is 0 Å². The summed E-state index contributed by atoms with van der Waals surface area (Å²) in [7, 11) is 13.4. The van der Waals surface area contributed by atoms with Crippen LogP contribution in [0.3, 0.4) is 0 Å². The molecular weight excluding hydrogens is 1000 g/mol. The first-order valence-electron chi connectivity index (χ1n) is 24.2. The minimum Gasteiger partial charge on any atom is -0.465 e. The smallest absolute Gasteiger partial charge is 0.308 e. The van der Waals surface area contributed by atoms with Gasteiger partial charge in [-0.25, -0.2) is 0 Å². The van der Waals surface area contributed by atoms with Gasteiger partial charge in [-0.05, 0) is 13.3 Å². The average molecular weight is 1080 g/mol. The van der Waals surface area contributed by atoms with Gasteiger partial charge < -0.3 is 59.1 Å². The quantitative estimate of drug-likeness (QED) is 0.0505. The van der Waals surface area contributed by atoms with Crippen LogP contribution in [-0.4, -0.2) is 292 Å². The van der Waals surface area contributed by atoms with Crippen molar-refractivity contribution < 1.29 is 71.9 Å². The Bertz CT molecular complexity index is 2070. The molecule has 0 fully saturated rings. The van der Waals surface area contributed by atoms with Gasteiger partial charge in [0.1, 0.15) is 12.4 Å². The highest BCUT2D eigenvalue weighted by atomic mass is 32.2. The van der Waals surface area contributed by atoms with E-state index in [9.17, 15) is 67.1 Å². The summed E-state index contributed by atoms with van der Waals surface area (Å²) < 4.78 is 5.07.